The van der Waals surface area contributed by atoms with E-state index in [9.17, 15) is 28.4 Å². The maximum Gasteiger partial charge on any atom is 0.308 e. The molecule has 0 bridgehead atoms. The molecule has 0 saturated carbocycles. The van der Waals surface area contributed by atoms with Crippen molar-refractivity contribution in [3.8, 4) is 0 Å². The molecule has 10 heteroatoms. The highest BCUT2D eigenvalue weighted by Crippen LogP contribution is 2.17. The van der Waals surface area contributed by atoms with Crippen LogP contribution in [-0.2, 0) is 21.2 Å². The maximum atomic E-state index is 12.3. The van der Waals surface area contributed by atoms with Gasteiger partial charge in [0.25, 0.3) is 5.69 Å². The van der Waals surface area contributed by atoms with Gasteiger partial charge in [0.1, 0.15) is 0 Å². The van der Waals surface area contributed by atoms with Crippen LogP contribution in [-0.4, -0.2) is 31.0 Å². The number of hydrogen-bond donors (Lipinski definition) is 2. The van der Waals surface area contributed by atoms with E-state index in [1.165, 1.54) is 0 Å². The first kappa shape index (κ1) is 19.8. The summed E-state index contributed by atoms with van der Waals surface area (Å²) < 4.78 is 26.7. The molecular weight excluding hydrogens is 384 g/mol. The molecule has 0 aromatic heterocycles. The fraction of sp³-hybridized carbons (Fsp3) is 0.188. The number of nitro groups is 1. The summed E-state index contributed by atoms with van der Waals surface area (Å²) in [5, 5.41) is 20.4. The lowest BCUT2D eigenvalue weighted by molar-refractivity contribution is -0.384. The van der Waals surface area contributed by atoms with Crippen molar-refractivity contribution in [2.45, 2.75) is 11.3 Å². The third kappa shape index (κ3) is 5.25. The van der Waals surface area contributed by atoms with Crippen LogP contribution >= 0.6 is 11.6 Å². The van der Waals surface area contributed by atoms with Gasteiger partial charge in [0.15, 0.2) is 0 Å². The Morgan fingerprint density at radius 1 is 1.23 bits per heavy atom. The van der Waals surface area contributed by atoms with Crippen molar-refractivity contribution in [1.82, 2.24) is 4.72 Å². The van der Waals surface area contributed by atoms with Crippen LogP contribution in [0.5, 0.6) is 0 Å². The monoisotopic (exact) mass is 398 g/mol. The van der Waals surface area contributed by atoms with Crippen molar-refractivity contribution in [2.75, 3.05) is 6.54 Å². The van der Waals surface area contributed by atoms with Gasteiger partial charge >= 0.3 is 5.97 Å². The van der Waals surface area contributed by atoms with E-state index in [0.29, 0.717) is 10.6 Å². The summed E-state index contributed by atoms with van der Waals surface area (Å²) in [6.07, 6.45) is 0.0959. The van der Waals surface area contributed by atoms with Crippen LogP contribution in [0.4, 0.5) is 5.69 Å². The lowest BCUT2D eigenvalue weighted by Gasteiger charge is -2.14. The molecule has 0 aliphatic carbocycles. The molecule has 138 valence electrons. The van der Waals surface area contributed by atoms with Gasteiger partial charge in [-0.1, -0.05) is 23.7 Å². The van der Waals surface area contributed by atoms with Crippen LogP contribution < -0.4 is 4.72 Å². The fourth-order valence-corrected chi connectivity index (χ4v) is 3.53. The van der Waals surface area contributed by atoms with Gasteiger partial charge in [-0.25, -0.2) is 13.1 Å². The van der Waals surface area contributed by atoms with E-state index in [1.54, 1.807) is 24.3 Å². The minimum Gasteiger partial charge on any atom is -0.481 e. The largest absolute Gasteiger partial charge is 0.481 e. The van der Waals surface area contributed by atoms with Crippen LogP contribution in [0.15, 0.2) is 53.4 Å². The zero-order valence-electron chi connectivity index (χ0n) is 13.3. The van der Waals surface area contributed by atoms with Crippen LogP contribution in [0.25, 0.3) is 0 Å². The molecule has 1 unspecified atom stereocenters. The van der Waals surface area contributed by atoms with E-state index >= 15 is 0 Å². The SMILES string of the molecule is O=C(O)C(CNS(=O)(=O)c1ccc([N+](=O)[O-])cc1)Cc1cccc(Cl)c1. The second-order valence-corrected chi connectivity index (χ2v) is 7.68. The quantitative estimate of drug-likeness (QED) is 0.519. The highest BCUT2D eigenvalue weighted by Gasteiger charge is 2.22. The molecule has 0 radical (unpaired) electrons. The first-order chi connectivity index (χ1) is 12.2. The number of carbonyl (C=O) groups is 1. The van der Waals surface area contributed by atoms with E-state index in [4.69, 9.17) is 11.6 Å². The van der Waals surface area contributed by atoms with Crippen molar-refractivity contribution >= 4 is 33.3 Å². The van der Waals surface area contributed by atoms with Crippen molar-refractivity contribution < 1.29 is 23.2 Å². The van der Waals surface area contributed by atoms with Gasteiger partial charge in [0.2, 0.25) is 10.0 Å². The number of nitro benzene ring substituents is 1. The summed E-state index contributed by atoms with van der Waals surface area (Å²) >= 11 is 5.87. The fourth-order valence-electron chi connectivity index (χ4n) is 2.24. The Labute approximate surface area is 154 Å². The number of benzene rings is 2. The molecule has 0 heterocycles. The van der Waals surface area contributed by atoms with E-state index in [-0.39, 0.29) is 23.5 Å². The number of nitrogens with zero attached hydrogens (tertiary/aromatic N) is 1. The molecular formula is C16H15ClN2O6S. The second kappa shape index (κ2) is 8.26. The van der Waals surface area contributed by atoms with Gasteiger partial charge in [-0.3, -0.25) is 14.9 Å². The Kier molecular flexibility index (Phi) is 6.30. The van der Waals surface area contributed by atoms with Crippen molar-refractivity contribution in [2.24, 2.45) is 5.92 Å². The molecule has 0 aliphatic heterocycles. The van der Waals surface area contributed by atoms with E-state index < -0.39 is 26.8 Å². The maximum absolute atomic E-state index is 12.3. The van der Waals surface area contributed by atoms with Gasteiger partial charge in [0, 0.05) is 23.7 Å². The van der Waals surface area contributed by atoms with Crippen LogP contribution in [0.3, 0.4) is 0 Å². The van der Waals surface area contributed by atoms with E-state index in [0.717, 1.165) is 24.3 Å². The molecule has 0 spiro atoms. The van der Waals surface area contributed by atoms with Gasteiger partial charge in [-0.05, 0) is 36.2 Å². The first-order valence-corrected chi connectivity index (χ1v) is 9.26. The molecule has 2 aromatic rings. The third-order valence-electron chi connectivity index (χ3n) is 3.60. The molecule has 1 atom stereocenters. The van der Waals surface area contributed by atoms with E-state index in [2.05, 4.69) is 4.72 Å². The van der Waals surface area contributed by atoms with Gasteiger partial charge in [-0.15, -0.1) is 0 Å². The Morgan fingerprint density at radius 2 is 1.88 bits per heavy atom. The second-order valence-electron chi connectivity index (χ2n) is 5.47. The molecule has 0 fully saturated rings. The predicted octanol–water partition coefficient (Wildman–Crippen LogP) is 2.47. The molecule has 26 heavy (non-hydrogen) atoms. The van der Waals surface area contributed by atoms with Crippen LogP contribution in [0.2, 0.25) is 5.02 Å². The molecule has 2 N–H and O–H groups in total. The number of rotatable bonds is 8. The smallest absolute Gasteiger partial charge is 0.308 e. The summed E-state index contributed by atoms with van der Waals surface area (Å²) in [4.78, 5) is 21.2. The molecule has 2 rings (SSSR count). The highest BCUT2D eigenvalue weighted by molar-refractivity contribution is 7.89. The average molecular weight is 399 g/mol. The molecule has 0 saturated heterocycles. The zero-order chi connectivity index (χ0) is 19.3. The molecule has 0 aliphatic rings. The lowest BCUT2D eigenvalue weighted by atomic mass is 10.00. The minimum atomic E-state index is -3.99. The molecule has 0 amide bonds. The Hall–Kier alpha value is -2.49. The number of aliphatic carboxylic acids is 1. The van der Waals surface area contributed by atoms with Crippen molar-refractivity contribution in [1.29, 1.82) is 0 Å². The van der Waals surface area contributed by atoms with Crippen LogP contribution in [0.1, 0.15) is 5.56 Å². The number of halogens is 1. The van der Waals surface area contributed by atoms with Gasteiger partial charge in [-0.2, -0.15) is 0 Å². The Balaban J connectivity index is 2.09. The number of nitrogens with one attached hydrogen (secondary N) is 1. The summed E-state index contributed by atoms with van der Waals surface area (Å²) in [7, 11) is -3.99. The number of sulfonamides is 1. The van der Waals surface area contributed by atoms with Crippen molar-refractivity contribution in [3.63, 3.8) is 0 Å². The molecule has 8 nitrogen and oxygen atoms in total. The number of carboxylic acids is 1. The zero-order valence-corrected chi connectivity index (χ0v) is 14.9. The highest BCUT2D eigenvalue weighted by atomic mass is 35.5. The summed E-state index contributed by atoms with van der Waals surface area (Å²) in [6, 6.07) is 11.0. The predicted molar refractivity (Wildman–Crippen MR) is 94.6 cm³/mol. The Bertz CT molecular complexity index is 915. The number of carboxylic acid groups (broad SMARTS) is 1. The topological polar surface area (TPSA) is 127 Å². The van der Waals surface area contributed by atoms with Crippen molar-refractivity contribution in [3.05, 3.63) is 69.2 Å². The van der Waals surface area contributed by atoms with Gasteiger partial charge < -0.3 is 5.11 Å². The van der Waals surface area contributed by atoms with Gasteiger partial charge in [0.05, 0.1) is 15.7 Å². The Morgan fingerprint density at radius 3 is 2.42 bits per heavy atom. The minimum absolute atomic E-state index is 0.0959. The van der Waals surface area contributed by atoms with Crippen LogP contribution in [0, 0.1) is 16.0 Å². The summed E-state index contributed by atoms with van der Waals surface area (Å²) in [6.45, 7) is -0.332. The average Bonchev–Trinajstić information content (AvgIpc) is 2.58. The molecule has 2 aromatic carbocycles. The number of hydrogen-bond acceptors (Lipinski definition) is 5. The third-order valence-corrected chi connectivity index (χ3v) is 5.27. The normalized spacial score (nSPS) is 12.5. The lowest BCUT2D eigenvalue weighted by Crippen LogP contribution is -2.34. The first-order valence-electron chi connectivity index (χ1n) is 7.40. The summed E-state index contributed by atoms with van der Waals surface area (Å²) in [5.74, 6) is -2.15. The number of non-ortho nitro benzene ring substituents is 1. The summed E-state index contributed by atoms with van der Waals surface area (Å²) in [5.41, 5.74) is 0.424. The standard InChI is InChI=1S/C16H15ClN2O6S/c17-13-3-1-2-11(9-13)8-12(16(20)21)10-18-26(24,25)15-6-4-14(5-7-15)19(22)23/h1-7,9,12,18H,8,10H2,(H,20,21). The van der Waals surface area contributed by atoms with E-state index in [1.807, 2.05) is 0 Å².